The van der Waals surface area contributed by atoms with Crippen molar-refractivity contribution in [1.82, 2.24) is 0 Å². The number of rotatable bonds is 7. The van der Waals surface area contributed by atoms with E-state index in [4.69, 9.17) is 14.6 Å². The number of aryl methyl sites for hydroxylation is 2. The zero-order chi connectivity index (χ0) is 16.8. The van der Waals surface area contributed by atoms with Gasteiger partial charge in [-0.05, 0) is 60.4 Å². The van der Waals surface area contributed by atoms with Crippen LogP contribution in [0.2, 0.25) is 0 Å². The van der Waals surface area contributed by atoms with Crippen LogP contribution in [0, 0.1) is 13.8 Å². The molecule has 5 heteroatoms. The number of ether oxygens (including phenoxy) is 2. The number of carboxylic acid groups (broad SMARTS) is 1. The highest BCUT2D eigenvalue weighted by Crippen LogP contribution is 2.32. The maximum atomic E-state index is 10.5. The van der Waals surface area contributed by atoms with Gasteiger partial charge in [0, 0.05) is 4.43 Å². The Hall–Kier alpha value is -1.76. The summed E-state index contributed by atoms with van der Waals surface area (Å²) in [6.45, 7) is 4.50. The van der Waals surface area contributed by atoms with Crippen LogP contribution in [0.15, 0.2) is 36.4 Å². The molecule has 0 aromatic heterocycles. The average Bonchev–Trinajstić information content (AvgIpc) is 2.51. The Bertz CT molecular complexity index is 657. The molecular formula is C18H19IO4. The summed E-state index contributed by atoms with van der Waals surface area (Å²) < 4.78 is 11.8. The first-order chi connectivity index (χ1) is 11.0. The van der Waals surface area contributed by atoms with Gasteiger partial charge in [-0.15, -0.1) is 0 Å². The lowest BCUT2D eigenvalue weighted by molar-refractivity contribution is -0.139. The van der Waals surface area contributed by atoms with Gasteiger partial charge in [0.25, 0.3) is 0 Å². The molecule has 0 aliphatic rings. The minimum Gasteiger partial charge on any atom is -0.493 e. The zero-order valence-corrected chi connectivity index (χ0v) is 15.3. The van der Waals surface area contributed by atoms with Crippen LogP contribution in [0.5, 0.6) is 11.5 Å². The molecule has 1 N–H and O–H groups in total. The van der Waals surface area contributed by atoms with Crippen molar-refractivity contribution >= 4 is 28.6 Å². The first-order valence-corrected chi connectivity index (χ1v) is 8.79. The second-order valence-corrected chi connectivity index (χ2v) is 6.26. The van der Waals surface area contributed by atoms with Crippen molar-refractivity contribution in [3.8, 4) is 22.6 Å². The molecule has 0 unspecified atom stereocenters. The fraction of sp³-hybridized carbons (Fsp3) is 0.278. The van der Waals surface area contributed by atoms with E-state index in [9.17, 15) is 4.79 Å². The van der Waals surface area contributed by atoms with Gasteiger partial charge in [-0.2, -0.15) is 0 Å². The lowest BCUT2D eigenvalue weighted by atomic mass is 9.95. The minimum absolute atomic E-state index is 0.333. The monoisotopic (exact) mass is 426 g/mol. The molecule has 0 saturated carbocycles. The highest BCUT2D eigenvalue weighted by Gasteiger charge is 2.09. The van der Waals surface area contributed by atoms with E-state index >= 15 is 0 Å². The number of benzene rings is 2. The summed E-state index contributed by atoms with van der Waals surface area (Å²) in [4.78, 5) is 10.5. The molecule has 0 radical (unpaired) electrons. The smallest absolute Gasteiger partial charge is 0.341 e. The third-order valence-corrected chi connectivity index (χ3v) is 3.80. The van der Waals surface area contributed by atoms with Crippen LogP contribution in [-0.2, 0) is 4.79 Å². The van der Waals surface area contributed by atoms with Crippen LogP contribution in [0.25, 0.3) is 11.1 Å². The van der Waals surface area contributed by atoms with Crippen molar-refractivity contribution in [2.75, 3.05) is 17.6 Å². The van der Waals surface area contributed by atoms with Crippen molar-refractivity contribution in [3.05, 3.63) is 47.5 Å². The topological polar surface area (TPSA) is 55.8 Å². The number of hydrogen-bond donors (Lipinski definition) is 1. The molecule has 2 aromatic carbocycles. The quantitative estimate of drug-likeness (QED) is 0.532. The van der Waals surface area contributed by atoms with Gasteiger partial charge in [0.1, 0.15) is 11.5 Å². The van der Waals surface area contributed by atoms with E-state index in [-0.39, 0.29) is 6.61 Å². The second-order valence-electron chi connectivity index (χ2n) is 5.18. The van der Waals surface area contributed by atoms with Gasteiger partial charge < -0.3 is 14.6 Å². The van der Waals surface area contributed by atoms with E-state index < -0.39 is 5.97 Å². The molecule has 0 amide bonds. The lowest BCUT2D eigenvalue weighted by Crippen LogP contribution is -2.09. The van der Waals surface area contributed by atoms with E-state index in [2.05, 4.69) is 36.4 Å². The molecular weight excluding hydrogens is 407 g/mol. The first-order valence-electron chi connectivity index (χ1n) is 7.26. The Balaban J connectivity index is 2.22. The second kappa shape index (κ2) is 8.19. The largest absolute Gasteiger partial charge is 0.493 e. The fourth-order valence-electron chi connectivity index (χ4n) is 2.48. The van der Waals surface area contributed by atoms with Crippen LogP contribution in [-0.4, -0.2) is 28.7 Å². The van der Waals surface area contributed by atoms with E-state index in [1.807, 2.05) is 24.3 Å². The maximum absolute atomic E-state index is 10.5. The average molecular weight is 426 g/mol. The van der Waals surface area contributed by atoms with Crippen molar-refractivity contribution in [2.45, 2.75) is 13.8 Å². The van der Waals surface area contributed by atoms with Crippen LogP contribution in [0.4, 0.5) is 0 Å². The van der Waals surface area contributed by atoms with Crippen molar-refractivity contribution in [3.63, 3.8) is 0 Å². The number of halogens is 1. The summed E-state index contributed by atoms with van der Waals surface area (Å²) in [6.07, 6.45) is 0. The first kappa shape index (κ1) is 17.6. The van der Waals surface area contributed by atoms with Crippen molar-refractivity contribution < 1.29 is 19.4 Å². The fourth-order valence-corrected chi connectivity index (χ4v) is 2.70. The summed E-state index contributed by atoms with van der Waals surface area (Å²) in [7, 11) is 0. The third kappa shape index (κ3) is 4.86. The maximum Gasteiger partial charge on any atom is 0.341 e. The Morgan fingerprint density at radius 2 is 1.65 bits per heavy atom. The normalized spacial score (nSPS) is 10.4. The Morgan fingerprint density at radius 1 is 1.04 bits per heavy atom. The molecule has 2 rings (SSSR count). The molecule has 0 heterocycles. The Morgan fingerprint density at radius 3 is 2.17 bits per heavy atom. The standard InChI is InChI=1S/C18H19IO4/c1-12-9-16(22-8-7-19)10-13(2)18(12)14-3-5-15(6-4-14)23-11-17(20)21/h3-6,9-10H,7-8,11H2,1-2H3,(H,20,21). The van der Waals surface area contributed by atoms with Gasteiger partial charge in [0.2, 0.25) is 0 Å². The van der Waals surface area contributed by atoms with Gasteiger partial charge in [-0.1, -0.05) is 34.7 Å². The predicted octanol–water partition coefficient (Wildman–Crippen LogP) is 4.25. The summed E-state index contributed by atoms with van der Waals surface area (Å²) in [5, 5.41) is 8.63. The molecule has 0 fully saturated rings. The molecule has 0 aliphatic heterocycles. The third-order valence-electron chi connectivity index (χ3n) is 3.36. The molecule has 0 spiro atoms. The molecule has 122 valence electrons. The van der Waals surface area contributed by atoms with Crippen LogP contribution >= 0.6 is 22.6 Å². The number of hydrogen-bond acceptors (Lipinski definition) is 3. The zero-order valence-electron chi connectivity index (χ0n) is 13.1. The van der Waals surface area contributed by atoms with Gasteiger partial charge in [0.05, 0.1) is 6.61 Å². The summed E-state index contributed by atoms with van der Waals surface area (Å²) in [6, 6.07) is 11.6. The van der Waals surface area contributed by atoms with Gasteiger partial charge in [0.15, 0.2) is 6.61 Å². The van der Waals surface area contributed by atoms with Crippen LogP contribution in [0.1, 0.15) is 11.1 Å². The summed E-state index contributed by atoms with van der Waals surface area (Å²) in [5.74, 6) is 0.457. The molecule has 0 saturated heterocycles. The van der Waals surface area contributed by atoms with Gasteiger partial charge in [-0.25, -0.2) is 4.79 Å². The van der Waals surface area contributed by atoms with E-state index in [1.165, 1.54) is 0 Å². The van der Waals surface area contributed by atoms with Crippen LogP contribution in [0.3, 0.4) is 0 Å². The van der Waals surface area contributed by atoms with E-state index in [1.54, 1.807) is 12.1 Å². The molecule has 0 aliphatic carbocycles. The highest BCUT2D eigenvalue weighted by atomic mass is 127. The molecule has 0 bridgehead atoms. The van der Waals surface area contributed by atoms with Gasteiger partial charge >= 0.3 is 5.97 Å². The van der Waals surface area contributed by atoms with E-state index in [0.29, 0.717) is 12.4 Å². The molecule has 2 aromatic rings. The van der Waals surface area contributed by atoms with Crippen molar-refractivity contribution in [1.29, 1.82) is 0 Å². The Labute approximate surface area is 149 Å². The van der Waals surface area contributed by atoms with E-state index in [0.717, 1.165) is 32.4 Å². The molecule has 23 heavy (non-hydrogen) atoms. The van der Waals surface area contributed by atoms with Crippen LogP contribution < -0.4 is 9.47 Å². The predicted molar refractivity (Wildman–Crippen MR) is 98.9 cm³/mol. The number of aliphatic carboxylic acids is 1. The Kier molecular flexibility index (Phi) is 6.27. The minimum atomic E-state index is -0.983. The highest BCUT2D eigenvalue weighted by molar-refractivity contribution is 14.1. The number of alkyl halides is 1. The summed E-state index contributed by atoms with van der Waals surface area (Å²) >= 11 is 2.29. The SMILES string of the molecule is Cc1cc(OCCI)cc(C)c1-c1ccc(OCC(=O)O)cc1. The summed E-state index contributed by atoms with van der Waals surface area (Å²) in [5.41, 5.74) is 4.53. The van der Waals surface area contributed by atoms with Crippen molar-refractivity contribution in [2.24, 2.45) is 0 Å². The molecule has 4 nitrogen and oxygen atoms in total. The number of carbonyl (C=O) groups is 1. The lowest BCUT2D eigenvalue weighted by Gasteiger charge is -2.14. The van der Waals surface area contributed by atoms with Gasteiger partial charge in [-0.3, -0.25) is 0 Å². The molecule has 0 atom stereocenters. The number of carboxylic acids is 1.